The summed E-state index contributed by atoms with van der Waals surface area (Å²) in [4.78, 5) is 14.4. The first kappa shape index (κ1) is 13.6. The molecule has 3 rings (SSSR count). The Morgan fingerprint density at radius 1 is 1.40 bits per heavy atom. The highest BCUT2D eigenvalue weighted by Crippen LogP contribution is 2.27. The molecule has 1 amide bonds. The van der Waals surface area contributed by atoms with Crippen LogP contribution in [0.15, 0.2) is 18.2 Å². The van der Waals surface area contributed by atoms with Crippen LogP contribution in [0.2, 0.25) is 0 Å². The highest BCUT2D eigenvalue weighted by atomic mass is 16.2. The van der Waals surface area contributed by atoms with E-state index in [1.54, 1.807) is 0 Å². The molecule has 1 atom stereocenters. The largest absolute Gasteiger partial charge is 0.332 e. The van der Waals surface area contributed by atoms with Gasteiger partial charge in [0, 0.05) is 18.2 Å². The highest BCUT2D eigenvalue weighted by Gasteiger charge is 2.29. The van der Waals surface area contributed by atoms with Crippen molar-refractivity contribution < 1.29 is 4.79 Å². The van der Waals surface area contributed by atoms with E-state index in [0.717, 1.165) is 37.5 Å². The molecule has 0 saturated carbocycles. The molecular formula is C17H24N2O. The van der Waals surface area contributed by atoms with Gasteiger partial charge in [0.2, 0.25) is 0 Å². The van der Waals surface area contributed by atoms with Crippen LogP contribution in [0.25, 0.3) is 0 Å². The number of amides is 1. The van der Waals surface area contributed by atoms with E-state index in [1.165, 1.54) is 24.0 Å². The first-order chi connectivity index (χ1) is 9.65. The van der Waals surface area contributed by atoms with Crippen LogP contribution >= 0.6 is 0 Å². The van der Waals surface area contributed by atoms with Gasteiger partial charge < -0.3 is 10.2 Å². The Balaban J connectivity index is 1.75. The fourth-order valence-electron chi connectivity index (χ4n) is 3.35. The molecule has 0 bridgehead atoms. The molecule has 1 fully saturated rings. The van der Waals surface area contributed by atoms with Crippen molar-refractivity contribution in [2.24, 2.45) is 5.92 Å². The van der Waals surface area contributed by atoms with Crippen LogP contribution in [-0.2, 0) is 13.0 Å². The number of hydrogen-bond donors (Lipinski definition) is 1. The number of nitrogens with zero attached hydrogens (tertiary/aromatic N) is 1. The fourth-order valence-corrected chi connectivity index (χ4v) is 3.35. The van der Waals surface area contributed by atoms with Crippen molar-refractivity contribution in [1.29, 1.82) is 0 Å². The zero-order valence-corrected chi connectivity index (χ0v) is 12.5. The van der Waals surface area contributed by atoms with Crippen LogP contribution in [0.1, 0.15) is 48.2 Å². The van der Waals surface area contributed by atoms with E-state index in [1.807, 2.05) is 4.90 Å². The molecule has 1 saturated heterocycles. The van der Waals surface area contributed by atoms with Gasteiger partial charge in [-0.15, -0.1) is 0 Å². The first-order valence-electron chi connectivity index (χ1n) is 7.78. The molecule has 3 nitrogen and oxygen atoms in total. The van der Waals surface area contributed by atoms with Gasteiger partial charge in [0.05, 0.1) is 0 Å². The Hall–Kier alpha value is -1.35. The van der Waals surface area contributed by atoms with Crippen LogP contribution in [0.4, 0.5) is 0 Å². The Kier molecular flexibility index (Phi) is 3.79. The molecule has 1 aromatic rings. The summed E-state index contributed by atoms with van der Waals surface area (Å²) < 4.78 is 0. The number of carbonyl (C=O) groups is 1. The average molecular weight is 272 g/mol. The summed E-state index contributed by atoms with van der Waals surface area (Å²) in [5.74, 6) is 0.929. The van der Waals surface area contributed by atoms with Crippen LogP contribution in [0.5, 0.6) is 0 Å². The van der Waals surface area contributed by atoms with Crippen LogP contribution < -0.4 is 5.32 Å². The third-order valence-electron chi connectivity index (χ3n) is 4.55. The van der Waals surface area contributed by atoms with E-state index in [2.05, 4.69) is 37.4 Å². The van der Waals surface area contributed by atoms with Crippen molar-refractivity contribution >= 4 is 5.91 Å². The number of carbonyl (C=O) groups excluding carboxylic acids is 1. The molecule has 0 aliphatic carbocycles. The van der Waals surface area contributed by atoms with E-state index in [4.69, 9.17) is 0 Å². The van der Waals surface area contributed by atoms with Gasteiger partial charge in [-0.25, -0.2) is 0 Å². The van der Waals surface area contributed by atoms with Crippen LogP contribution in [-0.4, -0.2) is 29.9 Å². The summed E-state index contributed by atoms with van der Waals surface area (Å²) in [6.45, 7) is 7.21. The number of benzene rings is 1. The lowest BCUT2D eigenvalue weighted by Crippen LogP contribution is -2.31. The highest BCUT2D eigenvalue weighted by molar-refractivity contribution is 5.98. The summed E-state index contributed by atoms with van der Waals surface area (Å²) in [5.41, 5.74) is 3.44. The van der Waals surface area contributed by atoms with Crippen molar-refractivity contribution in [2.75, 3.05) is 13.1 Å². The number of nitrogens with one attached hydrogen (secondary N) is 1. The summed E-state index contributed by atoms with van der Waals surface area (Å²) >= 11 is 0. The predicted octanol–water partition coefficient (Wildman–Crippen LogP) is 2.59. The molecule has 108 valence electrons. The Morgan fingerprint density at radius 2 is 2.25 bits per heavy atom. The molecule has 2 heterocycles. The zero-order chi connectivity index (χ0) is 14.1. The lowest BCUT2D eigenvalue weighted by molar-refractivity contribution is 0.0730. The average Bonchev–Trinajstić information content (AvgIpc) is 2.77. The molecule has 1 unspecified atom stereocenters. The van der Waals surface area contributed by atoms with Gasteiger partial charge in [-0.3, -0.25) is 4.79 Å². The molecule has 1 aromatic carbocycles. The summed E-state index contributed by atoms with van der Waals surface area (Å²) in [6, 6.07) is 6.78. The molecule has 20 heavy (non-hydrogen) atoms. The van der Waals surface area contributed by atoms with E-state index in [-0.39, 0.29) is 11.9 Å². The third-order valence-corrected chi connectivity index (χ3v) is 4.55. The van der Waals surface area contributed by atoms with Gasteiger partial charge in [0.15, 0.2) is 0 Å². The summed E-state index contributed by atoms with van der Waals surface area (Å²) in [7, 11) is 0. The number of piperidine rings is 1. The SMILES string of the molecule is CC(C)N1Cc2ccc(CC3CCCNC3)cc2C1=O. The fraction of sp³-hybridized carbons (Fsp3) is 0.588. The van der Waals surface area contributed by atoms with Crippen LogP contribution in [0, 0.1) is 5.92 Å². The number of fused-ring (bicyclic) bond motifs is 1. The smallest absolute Gasteiger partial charge is 0.254 e. The standard InChI is InChI=1S/C17H24N2O/c1-12(2)19-11-15-6-5-13(9-16(15)17(19)20)8-14-4-3-7-18-10-14/h5-6,9,12,14,18H,3-4,7-8,10-11H2,1-2H3. The van der Waals surface area contributed by atoms with Crippen molar-refractivity contribution in [3.05, 3.63) is 34.9 Å². The normalized spacial score (nSPS) is 22.4. The topological polar surface area (TPSA) is 32.3 Å². The zero-order valence-electron chi connectivity index (χ0n) is 12.5. The Bertz CT molecular complexity index is 504. The predicted molar refractivity (Wildman–Crippen MR) is 80.7 cm³/mol. The maximum absolute atomic E-state index is 12.4. The van der Waals surface area contributed by atoms with Gasteiger partial charge in [-0.1, -0.05) is 12.1 Å². The van der Waals surface area contributed by atoms with Gasteiger partial charge in [-0.05, 0) is 69.3 Å². The minimum atomic E-state index is 0.207. The molecule has 2 aliphatic heterocycles. The van der Waals surface area contributed by atoms with Crippen molar-refractivity contribution in [3.63, 3.8) is 0 Å². The second kappa shape index (κ2) is 5.57. The van der Waals surface area contributed by atoms with Crippen molar-refractivity contribution in [1.82, 2.24) is 10.2 Å². The lowest BCUT2D eigenvalue weighted by atomic mass is 9.91. The van der Waals surface area contributed by atoms with Crippen molar-refractivity contribution in [2.45, 2.75) is 45.7 Å². The Labute approximate surface area is 121 Å². The van der Waals surface area contributed by atoms with E-state index in [9.17, 15) is 4.79 Å². The summed E-state index contributed by atoms with van der Waals surface area (Å²) in [5, 5.41) is 3.46. The third kappa shape index (κ3) is 2.59. The van der Waals surface area contributed by atoms with E-state index < -0.39 is 0 Å². The first-order valence-corrected chi connectivity index (χ1v) is 7.78. The van der Waals surface area contributed by atoms with Crippen LogP contribution in [0.3, 0.4) is 0 Å². The molecule has 0 radical (unpaired) electrons. The van der Waals surface area contributed by atoms with Gasteiger partial charge >= 0.3 is 0 Å². The minimum absolute atomic E-state index is 0.207. The number of rotatable bonds is 3. The summed E-state index contributed by atoms with van der Waals surface area (Å²) in [6.07, 6.45) is 3.67. The molecule has 3 heteroatoms. The lowest BCUT2D eigenvalue weighted by Gasteiger charge is -2.22. The molecule has 0 spiro atoms. The molecule has 0 aromatic heterocycles. The maximum Gasteiger partial charge on any atom is 0.254 e. The molecule has 2 aliphatic rings. The van der Waals surface area contributed by atoms with Gasteiger partial charge in [0.1, 0.15) is 0 Å². The molecular weight excluding hydrogens is 248 g/mol. The Morgan fingerprint density at radius 3 is 2.95 bits per heavy atom. The number of hydrogen-bond acceptors (Lipinski definition) is 2. The second-order valence-electron chi connectivity index (χ2n) is 6.43. The quantitative estimate of drug-likeness (QED) is 0.917. The maximum atomic E-state index is 12.4. The van der Waals surface area contributed by atoms with Gasteiger partial charge in [0.25, 0.3) is 5.91 Å². The van der Waals surface area contributed by atoms with Crippen molar-refractivity contribution in [3.8, 4) is 0 Å². The van der Waals surface area contributed by atoms with E-state index >= 15 is 0 Å². The van der Waals surface area contributed by atoms with E-state index in [0.29, 0.717) is 0 Å². The minimum Gasteiger partial charge on any atom is -0.332 e. The monoisotopic (exact) mass is 272 g/mol. The van der Waals surface area contributed by atoms with Gasteiger partial charge in [-0.2, -0.15) is 0 Å². The molecule has 1 N–H and O–H groups in total. The second-order valence-corrected chi connectivity index (χ2v) is 6.43.